The molecule has 0 fully saturated rings. The predicted octanol–water partition coefficient (Wildman–Crippen LogP) is 15.9. The van der Waals surface area contributed by atoms with E-state index in [9.17, 15) is 0 Å². The molecule has 4 heterocycles. The number of furan rings is 1. The van der Waals surface area contributed by atoms with Gasteiger partial charge in [-0.05, 0) is 174 Å². The number of rotatable bonds is 3. The van der Waals surface area contributed by atoms with Gasteiger partial charge in [0.05, 0.1) is 0 Å². The van der Waals surface area contributed by atoms with Crippen molar-refractivity contribution in [3.8, 4) is 33.4 Å². The Morgan fingerprint density at radius 1 is 0.485 bits per heavy atom. The van der Waals surface area contributed by atoms with Gasteiger partial charge in [-0.15, -0.1) is 0 Å². The first-order chi connectivity index (χ1) is 31.5. The van der Waals surface area contributed by atoms with Gasteiger partial charge < -0.3 is 13.8 Å². The SMILES string of the molecule is Cc1cc(C)c(-c2cccc(N3c4cc(-c5c(C)cc(C)cc5C)ccc4B4c5c3cc3c(oc6ccccc63)c5-c3cc(C(C)(C)C)cc5c6cc(C(C)(C)C)ccc6n4c35)c2)c(C)c1. The number of para-hydroxylation sites is 1. The molecule has 2 aromatic heterocycles. The van der Waals surface area contributed by atoms with E-state index in [-0.39, 0.29) is 17.7 Å². The van der Waals surface area contributed by atoms with E-state index in [1.165, 1.54) is 122 Å². The van der Waals surface area contributed by atoms with Gasteiger partial charge in [0.25, 0.3) is 0 Å². The summed E-state index contributed by atoms with van der Waals surface area (Å²) in [4.78, 5) is 2.59. The zero-order valence-corrected chi connectivity index (χ0v) is 40.5. The third-order valence-corrected chi connectivity index (χ3v) is 15.0. The van der Waals surface area contributed by atoms with E-state index < -0.39 is 0 Å². The lowest BCUT2D eigenvalue weighted by Gasteiger charge is -2.41. The maximum atomic E-state index is 7.16. The summed E-state index contributed by atoms with van der Waals surface area (Å²) in [6.07, 6.45) is 0. The molecule has 10 aromatic rings. The molecule has 12 rings (SSSR count). The van der Waals surface area contributed by atoms with Crippen LogP contribution in [-0.2, 0) is 10.8 Å². The van der Waals surface area contributed by atoms with Crippen molar-refractivity contribution in [1.82, 2.24) is 4.48 Å². The van der Waals surface area contributed by atoms with Gasteiger partial charge in [-0.3, -0.25) is 0 Å². The van der Waals surface area contributed by atoms with Crippen LogP contribution in [0.4, 0.5) is 17.1 Å². The summed E-state index contributed by atoms with van der Waals surface area (Å²) in [6, 6.07) is 49.3. The van der Waals surface area contributed by atoms with E-state index in [0.29, 0.717) is 0 Å². The highest BCUT2D eigenvalue weighted by molar-refractivity contribution is 6.90. The first-order valence-electron chi connectivity index (χ1n) is 23.8. The Bertz CT molecular complexity index is 3700. The van der Waals surface area contributed by atoms with Gasteiger partial charge in [0.2, 0.25) is 0 Å². The lowest BCUT2D eigenvalue weighted by Crippen LogP contribution is -2.56. The van der Waals surface area contributed by atoms with Gasteiger partial charge in [-0.25, -0.2) is 0 Å². The number of hydrogen-bond donors (Lipinski definition) is 0. The molecule has 0 bridgehead atoms. The average molecular weight is 857 g/mol. The zero-order chi connectivity index (χ0) is 45.9. The van der Waals surface area contributed by atoms with Gasteiger partial charge in [-0.1, -0.05) is 125 Å². The molecule has 4 heteroatoms. The molecular formula is C62H57BN2O. The number of hydrogen-bond acceptors (Lipinski definition) is 2. The molecule has 8 aromatic carbocycles. The second kappa shape index (κ2) is 13.9. The third-order valence-electron chi connectivity index (χ3n) is 15.0. The monoisotopic (exact) mass is 856 g/mol. The fraction of sp³-hybridized carbons (Fsp3) is 0.226. The molecule has 2 aliphatic heterocycles. The van der Waals surface area contributed by atoms with Crippen LogP contribution in [0.15, 0.2) is 132 Å². The summed E-state index contributed by atoms with van der Waals surface area (Å²) in [5.74, 6) is 0. The normalized spacial score (nSPS) is 13.4. The molecule has 2 aliphatic rings. The summed E-state index contributed by atoms with van der Waals surface area (Å²) in [5.41, 5.74) is 28.4. The van der Waals surface area contributed by atoms with E-state index in [1.54, 1.807) is 0 Å². The summed E-state index contributed by atoms with van der Waals surface area (Å²) < 4.78 is 9.86. The average Bonchev–Trinajstić information content (AvgIpc) is 3.79. The Hall–Kier alpha value is -6.78. The van der Waals surface area contributed by atoms with E-state index >= 15 is 0 Å². The molecule has 0 spiro atoms. The van der Waals surface area contributed by atoms with Crippen LogP contribution in [0.25, 0.3) is 77.1 Å². The van der Waals surface area contributed by atoms with E-state index in [4.69, 9.17) is 4.42 Å². The number of aryl methyl sites for hydroxylation is 6. The smallest absolute Gasteiger partial charge is 0.333 e. The van der Waals surface area contributed by atoms with Crippen molar-refractivity contribution >= 4 is 78.6 Å². The van der Waals surface area contributed by atoms with Crippen LogP contribution in [0, 0.1) is 41.5 Å². The highest BCUT2D eigenvalue weighted by atomic mass is 16.3. The summed E-state index contributed by atoms with van der Waals surface area (Å²) in [7, 11) is 0. The molecule has 0 amide bonds. The highest BCUT2D eigenvalue weighted by Crippen LogP contribution is 2.51. The Kier molecular flexibility index (Phi) is 8.56. The molecule has 0 saturated carbocycles. The number of nitrogens with zero attached hydrogens (tertiary/aromatic N) is 2. The van der Waals surface area contributed by atoms with Crippen molar-refractivity contribution in [2.75, 3.05) is 4.90 Å². The fourth-order valence-corrected chi connectivity index (χ4v) is 12.2. The largest absolute Gasteiger partial charge is 0.455 e. The van der Waals surface area contributed by atoms with Crippen LogP contribution in [0.2, 0.25) is 0 Å². The Morgan fingerprint density at radius 3 is 1.79 bits per heavy atom. The molecule has 0 aliphatic carbocycles. The molecule has 3 nitrogen and oxygen atoms in total. The minimum absolute atomic E-state index is 0.00535. The van der Waals surface area contributed by atoms with Crippen LogP contribution in [0.1, 0.15) is 86.1 Å². The van der Waals surface area contributed by atoms with Crippen molar-refractivity contribution in [1.29, 1.82) is 0 Å². The Morgan fingerprint density at radius 2 is 1.12 bits per heavy atom. The van der Waals surface area contributed by atoms with Gasteiger partial charge in [-0.2, -0.15) is 0 Å². The van der Waals surface area contributed by atoms with Gasteiger partial charge in [0.1, 0.15) is 11.2 Å². The van der Waals surface area contributed by atoms with Crippen LogP contribution in [0.3, 0.4) is 0 Å². The quantitative estimate of drug-likeness (QED) is 0.165. The number of fused-ring (bicyclic) bond motifs is 11. The molecule has 0 unspecified atom stereocenters. The molecule has 0 atom stereocenters. The minimum atomic E-state index is -0.119. The maximum absolute atomic E-state index is 7.16. The van der Waals surface area contributed by atoms with Crippen LogP contribution in [-0.4, -0.2) is 11.3 Å². The molecule has 0 saturated heterocycles. The molecule has 0 radical (unpaired) electrons. The standard InChI is InChI=1S/C62H57BN2O/c1-34-24-36(3)55(37(4)25-34)40-16-15-17-44(28-40)64-52-29-41(56-38(5)26-35(2)27-39(56)6)20-22-50(52)63-58-53(64)33-48-45-18-13-14-19-54(45)66-60(48)57(58)49-32-43(62(10,11)12)31-47-46-30-42(61(7,8)9)21-23-51(46)65(63)59(47)49/h13-33H,1-12H3. The second-order valence-electron chi connectivity index (χ2n) is 21.8. The van der Waals surface area contributed by atoms with E-state index in [0.717, 1.165) is 27.6 Å². The summed E-state index contributed by atoms with van der Waals surface area (Å²) in [6.45, 7) is 27.4. The highest BCUT2D eigenvalue weighted by Gasteiger charge is 2.45. The third kappa shape index (κ3) is 5.83. The lowest BCUT2D eigenvalue weighted by atomic mass is 9.45. The van der Waals surface area contributed by atoms with Crippen molar-refractivity contribution in [3.63, 3.8) is 0 Å². The van der Waals surface area contributed by atoms with E-state index in [2.05, 4.69) is 220 Å². The first-order valence-corrected chi connectivity index (χ1v) is 23.8. The molecule has 324 valence electrons. The van der Waals surface area contributed by atoms with Crippen molar-refractivity contribution in [2.24, 2.45) is 0 Å². The van der Waals surface area contributed by atoms with Gasteiger partial charge in [0.15, 0.2) is 0 Å². The van der Waals surface area contributed by atoms with Crippen LogP contribution in [0.5, 0.6) is 0 Å². The van der Waals surface area contributed by atoms with Gasteiger partial charge >= 0.3 is 6.85 Å². The maximum Gasteiger partial charge on any atom is 0.333 e. The van der Waals surface area contributed by atoms with Crippen molar-refractivity contribution in [3.05, 3.63) is 172 Å². The Labute approximate surface area is 389 Å². The Balaban J connectivity index is 1.27. The molecular weight excluding hydrogens is 800 g/mol. The lowest BCUT2D eigenvalue weighted by molar-refractivity contribution is 0.590. The molecule has 66 heavy (non-hydrogen) atoms. The van der Waals surface area contributed by atoms with Crippen LogP contribution >= 0.6 is 0 Å². The summed E-state index contributed by atoms with van der Waals surface area (Å²) >= 11 is 0. The topological polar surface area (TPSA) is 21.3 Å². The fourth-order valence-electron chi connectivity index (χ4n) is 12.2. The minimum Gasteiger partial charge on any atom is -0.455 e. The molecule has 0 N–H and O–H groups in total. The predicted molar refractivity (Wildman–Crippen MR) is 284 cm³/mol. The number of aromatic nitrogens is 1. The number of benzene rings is 8. The second-order valence-corrected chi connectivity index (χ2v) is 21.8. The summed E-state index contributed by atoms with van der Waals surface area (Å²) in [5, 5.41) is 4.89. The number of anilines is 3. The van der Waals surface area contributed by atoms with Crippen molar-refractivity contribution < 1.29 is 4.42 Å². The van der Waals surface area contributed by atoms with Gasteiger partial charge in [0, 0.05) is 60.8 Å². The van der Waals surface area contributed by atoms with Crippen LogP contribution < -0.4 is 15.8 Å². The first kappa shape index (κ1) is 40.7. The zero-order valence-electron chi connectivity index (χ0n) is 40.5. The van der Waals surface area contributed by atoms with E-state index in [1.807, 2.05) is 0 Å². The van der Waals surface area contributed by atoms with Crippen molar-refractivity contribution in [2.45, 2.75) is 93.9 Å².